The van der Waals surface area contributed by atoms with E-state index < -0.39 is 0 Å². The van der Waals surface area contributed by atoms with Gasteiger partial charge in [0.2, 0.25) is 5.95 Å². The third-order valence-electron chi connectivity index (χ3n) is 2.99. The van der Waals surface area contributed by atoms with E-state index in [1.807, 2.05) is 12.3 Å². The Bertz CT molecular complexity index is 785. The van der Waals surface area contributed by atoms with Crippen molar-refractivity contribution in [3.63, 3.8) is 0 Å². The van der Waals surface area contributed by atoms with Crippen molar-refractivity contribution >= 4 is 34.7 Å². The first-order chi connectivity index (χ1) is 11.1. The number of nitrogens with zero attached hydrogens (tertiary/aromatic N) is 3. The van der Waals surface area contributed by atoms with E-state index in [1.165, 1.54) is 16.9 Å². The molecule has 1 radical (unpaired) electrons. The first-order valence-electron chi connectivity index (χ1n) is 7.31. The predicted octanol–water partition coefficient (Wildman–Crippen LogP) is 4.95. The van der Waals surface area contributed by atoms with Crippen LogP contribution < -0.4 is 5.32 Å². The summed E-state index contributed by atoms with van der Waals surface area (Å²) in [5.74, 6) is 0.614. The van der Waals surface area contributed by atoms with Crippen molar-refractivity contribution in [3.8, 4) is 10.4 Å². The van der Waals surface area contributed by atoms with E-state index in [0.717, 1.165) is 21.2 Å². The van der Waals surface area contributed by atoms with Gasteiger partial charge in [-0.1, -0.05) is 19.9 Å². The summed E-state index contributed by atoms with van der Waals surface area (Å²) in [7, 11) is 0. The SMILES string of the molecule is Cc1cc(Nc2nccc(SC(C)C)n2)cc(-c2cn[c]s2)c1. The standard InChI is InChI=1S/C17H17N4S2/c1-11(2)23-16-4-5-19-17(21-16)20-14-7-12(3)6-13(8-14)15-9-18-10-22-15/h4-9,11H,1-3H3,(H,19,20,21). The molecular formula is C17H17N4S2. The first kappa shape index (κ1) is 16.0. The zero-order valence-electron chi connectivity index (χ0n) is 13.2. The van der Waals surface area contributed by atoms with Crippen LogP contribution in [0.3, 0.4) is 0 Å². The van der Waals surface area contributed by atoms with E-state index in [4.69, 9.17) is 0 Å². The molecule has 0 unspecified atom stereocenters. The fourth-order valence-electron chi connectivity index (χ4n) is 2.16. The maximum atomic E-state index is 4.56. The number of aromatic nitrogens is 3. The van der Waals surface area contributed by atoms with Crippen molar-refractivity contribution in [2.75, 3.05) is 5.32 Å². The summed E-state index contributed by atoms with van der Waals surface area (Å²) in [6.07, 6.45) is 3.62. The van der Waals surface area contributed by atoms with Crippen molar-refractivity contribution in [3.05, 3.63) is 47.7 Å². The molecule has 23 heavy (non-hydrogen) atoms. The third-order valence-corrected chi connectivity index (χ3v) is 4.69. The zero-order chi connectivity index (χ0) is 16.2. The largest absolute Gasteiger partial charge is 0.324 e. The lowest BCUT2D eigenvalue weighted by Gasteiger charge is -2.10. The van der Waals surface area contributed by atoms with Gasteiger partial charge in [-0.25, -0.2) is 15.0 Å². The highest BCUT2D eigenvalue weighted by atomic mass is 32.2. The molecule has 0 fully saturated rings. The van der Waals surface area contributed by atoms with Crippen LogP contribution in [0.1, 0.15) is 19.4 Å². The van der Waals surface area contributed by atoms with Gasteiger partial charge in [-0.05, 0) is 36.2 Å². The van der Waals surface area contributed by atoms with Gasteiger partial charge in [-0.2, -0.15) is 0 Å². The molecule has 3 aromatic rings. The van der Waals surface area contributed by atoms with E-state index in [-0.39, 0.29) is 0 Å². The fraction of sp³-hybridized carbons (Fsp3) is 0.235. The van der Waals surface area contributed by atoms with E-state index in [0.29, 0.717) is 11.2 Å². The lowest BCUT2D eigenvalue weighted by molar-refractivity contribution is 1.03. The Balaban J connectivity index is 1.85. The minimum Gasteiger partial charge on any atom is -0.324 e. The number of benzene rings is 1. The molecule has 2 aromatic heterocycles. The van der Waals surface area contributed by atoms with Crippen molar-refractivity contribution < 1.29 is 0 Å². The minimum absolute atomic E-state index is 0.492. The molecule has 0 aliphatic heterocycles. The molecule has 0 saturated carbocycles. The molecule has 6 heteroatoms. The topological polar surface area (TPSA) is 50.7 Å². The normalized spacial score (nSPS) is 11.0. The summed E-state index contributed by atoms with van der Waals surface area (Å²) in [5, 5.41) is 4.77. The van der Waals surface area contributed by atoms with Crippen LogP contribution in [0.15, 0.2) is 41.7 Å². The molecule has 0 bridgehead atoms. The highest BCUT2D eigenvalue weighted by Crippen LogP contribution is 2.28. The molecule has 0 spiro atoms. The van der Waals surface area contributed by atoms with Gasteiger partial charge in [-0.15, -0.1) is 23.1 Å². The Labute approximate surface area is 144 Å². The van der Waals surface area contributed by atoms with Gasteiger partial charge < -0.3 is 5.32 Å². The fourth-order valence-corrected chi connectivity index (χ4v) is 3.46. The van der Waals surface area contributed by atoms with Gasteiger partial charge in [0.05, 0.1) is 4.88 Å². The maximum Gasteiger partial charge on any atom is 0.228 e. The minimum atomic E-state index is 0.492. The maximum absolute atomic E-state index is 4.56. The van der Waals surface area contributed by atoms with Crippen LogP contribution >= 0.6 is 23.1 Å². The third kappa shape index (κ3) is 4.30. The average molecular weight is 341 g/mol. The molecule has 2 heterocycles. The molecule has 0 aliphatic rings. The van der Waals surface area contributed by atoms with Crippen LogP contribution in [0.2, 0.25) is 0 Å². The lowest BCUT2D eigenvalue weighted by Crippen LogP contribution is -1.99. The summed E-state index contributed by atoms with van der Waals surface area (Å²) in [6, 6.07) is 8.24. The number of anilines is 2. The van der Waals surface area contributed by atoms with E-state index in [9.17, 15) is 0 Å². The molecule has 117 valence electrons. The number of aryl methyl sites for hydroxylation is 1. The number of thiazole rings is 1. The summed E-state index contributed by atoms with van der Waals surface area (Å²) >= 11 is 3.24. The first-order valence-corrected chi connectivity index (χ1v) is 9.00. The van der Waals surface area contributed by atoms with E-state index in [1.54, 1.807) is 18.0 Å². The second kappa shape index (κ2) is 7.10. The molecule has 0 amide bonds. The summed E-state index contributed by atoms with van der Waals surface area (Å²) in [4.78, 5) is 14.0. The highest BCUT2D eigenvalue weighted by Gasteiger charge is 2.06. The van der Waals surface area contributed by atoms with Crippen LogP contribution in [-0.2, 0) is 0 Å². The summed E-state index contributed by atoms with van der Waals surface area (Å²) in [6.45, 7) is 6.38. The second-order valence-corrected chi connectivity index (χ2v) is 7.84. The Morgan fingerprint density at radius 1 is 1.26 bits per heavy atom. The van der Waals surface area contributed by atoms with Gasteiger partial charge in [-0.3, -0.25) is 0 Å². The van der Waals surface area contributed by atoms with Crippen LogP contribution in [0.5, 0.6) is 0 Å². The van der Waals surface area contributed by atoms with E-state index >= 15 is 0 Å². The lowest BCUT2D eigenvalue weighted by atomic mass is 10.1. The molecule has 0 aliphatic carbocycles. The monoisotopic (exact) mass is 341 g/mol. The van der Waals surface area contributed by atoms with Gasteiger partial charge >= 0.3 is 0 Å². The van der Waals surface area contributed by atoms with Crippen molar-refractivity contribution in [1.29, 1.82) is 0 Å². The molecule has 3 rings (SSSR count). The highest BCUT2D eigenvalue weighted by molar-refractivity contribution is 7.99. The number of hydrogen-bond acceptors (Lipinski definition) is 6. The molecule has 1 N–H and O–H groups in total. The molecule has 0 atom stereocenters. The van der Waals surface area contributed by atoms with Crippen molar-refractivity contribution in [2.24, 2.45) is 0 Å². The van der Waals surface area contributed by atoms with Gasteiger partial charge in [0.25, 0.3) is 0 Å². The van der Waals surface area contributed by atoms with Crippen molar-refractivity contribution in [2.45, 2.75) is 31.0 Å². The Hall–Kier alpha value is -1.92. The average Bonchev–Trinajstić information content (AvgIpc) is 3.00. The molecule has 4 nitrogen and oxygen atoms in total. The van der Waals surface area contributed by atoms with Crippen LogP contribution in [0.4, 0.5) is 11.6 Å². The Morgan fingerprint density at radius 3 is 2.87 bits per heavy atom. The van der Waals surface area contributed by atoms with Crippen molar-refractivity contribution in [1.82, 2.24) is 15.0 Å². The Kier molecular flexibility index (Phi) is 4.93. The Morgan fingerprint density at radius 2 is 2.13 bits per heavy atom. The second-order valence-electron chi connectivity index (χ2n) is 5.41. The van der Waals surface area contributed by atoms with Crippen LogP contribution in [-0.4, -0.2) is 20.2 Å². The molecule has 1 aromatic carbocycles. The number of hydrogen-bond donors (Lipinski definition) is 1. The van der Waals surface area contributed by atoms with Gasteiger partial charge in [0.1, 0.15) is 5.03 Å². The smallest absolute Gasteiger partial charge is 0.228 e. The van der Waals surface area contributed by atoms with Crippen LogP contribution in [0, 0.1) is 12.4 Å². The zero-order valence-corrected chi connectivity index (χ0v) is 14.8. The molecular weight excluding hydrogens is 324 g/mol. The number of rotatable bonds is 5. The van der Waals surface area contributed by atoms with Gasteiger partial charge in [0, 0.05) is 23.3 Å². The van der Waals surface area contributed by atoms with E-state index in [2.05, 4.69) is 64.7 Å². The number of thioether (sulfide) groups is 1. The quantitative estimate of drug-likeness (QED) is 0.525. The predicted molar refractivity (Wildman–Crippen MR) is 97.4 cm³/mol. The summed E-state index contributed by atoms with van der Waals surface area (Å²) in [5.41, 5.74) is 6.15. The van der Waals surface area contributed by atoms with Crippen LogP contribution in [0.25, 0.3) is 10.4 Å². The number of nitrogens with one attached hydrogen (secondary N) is 1. The van der Waals surface area contributed by atoms with Gasteiger partial charge in [0.15, 0.2) is 5.51 Å². The summed E-state index contributed by atoms with van der Waals surface area (Å²) < 4.78 is 0. The molecule has 0 saturated heterocycles.